The second kappa shape index (κ2) is 7.22. The molecule has 1 aliphatic rings. The normalized spacial score (nSPS) is 17.9. The summed E-state index contributed by atoms with van der Waals surface area (Å²) < 4.78 is 0.533. The Morgan fingerprint density at radius 2 is 1.52 bits per heavy atom. The van der Waals surface area contributed by atoms with Crippen LogP contribution in [0.2, 0.25) is 0 Å². The predicted octanol–water partition coefficient (Wildman–Crippen LogP) is 5.06. The average molecular weight is 407 g/mol. The van der Waals surface area contributed by atoms with E-state index in [-0.39, 0.29) is 16.7 Å². The van der Waals surface area contributed by atoms with Gasteiger partial charge in [-0.2, -0.15) is 0 Å². The van der Waals surface area contributed by atoms with Crippen LogP contribution in [0.15, 0.2) is 17.0 Å². The number of hydrogen-bond donors (Lipinski definition) is 1. The fraction of sp³-hybridized carbons (Fsp3) is 0.524. The van der Waals surface area contributed by atoms with Gasteiger partial charge < -0.3 is 5.11 Å². The van der Waals surface area contributed by atoms with Crippen molar-refractivity contribution >= 4 is 39.8 Å². The van der Waals surface area contributed by atoms with Gasteiger partial charge in [0, 0.05) is 25.2 Å². The molecule has 1 saturated heterocycles. The molecular formula is C21H30N2O2S2. The summed E-state index contributed by atoms with van der Waals surface area (Å²) in [7, 11) is 3.61. The molecule has 1 aliphatic heterocycles. The fourth-order valence-corrected chi connectivity index (χ4v) is 4.51. The summed E-state index contributed by atoms with van der Waals surface area (Å²) in [5.41, 5.74) is 3.15. The molecule has 1 heterocycles. The summed E-state index contributed by atoms with van der Waals surface area (Å²) >= 11 is 6.71. The molecule has 1 fully saturated rings. The van der Waals surface area contributed by atoms with E-state index in [4.69, 9.17) is 12.2 Å². The van der Waals surface area contributed by atoms with E-state index < -0.39 is 0 Å². The number of benzene rings is 1. The lowest BCUT2D eigenvalue weighted by Gasteiger charge is -2.28. The van der Waals surface area contributed by atoms with Crippen LogP contribution in [0.3, 0.4) is 0 Å². The van der Waals surface area contributed by atoms with Gasteiger partial charge in [-0.05, 0) is 41.0 Å². The Hall–Kier alpha value is -1.37. The molecule has 1 aromatic rings. The Morgan fingerprint density at radius 3 is 1.85 bits per heavy atom. The highest BCUT2D eigenvalue weighted by molar-refractivity contribution is 8.26. The number of amides is 1. The minimum absolute atomic E-state index is 0.102. The van der Waals surface area contributed by atoms with Crippen LogP contribution in [0.5, 0.6) is 5.75 Å². The maximum atomic E-state index is 12.9. The summed E-state index contributed by atoms with van der Waals surface area (Å²) in [5, 5.41) is 14.1. The maximum absolute atomic E-state index is 12.9. The molecule has 0 saturated carbocycles. The number of phenolic OH excluding ortho intramolecular Hbond substituents is 1. The standard InChI is InChI=1S/C21H30N2O2S2/c1-12(17-18(25)23(22(8)9)19(26)27-17)13-10-14(20(2,3)4)16(24)15(11-13)21(5,6)7/h10-11,24H,1-9H3. The third-order valence-corrected chi connectivity index (χ3v) is 6.10. The Balaban J connectivity index is 2.72. The molecule has 0 radical (unpaired) electrons. The summed E-state index contributed by atoms with van der Waals surface area (Å²) in [6.07, 6.45) is 0. The van der Waals surface area contributed by atoms with Crippen molar-refractivity contribution in [3.05, 3.63) is 33.7 Å². The minimum atomic E-state index is -0.219. The number of hydrazine groups is 1. The van der Waals surface area contributed by atoms with E-state index in [0.717, 1.165) is 22.3 Å². The highest BCUT2D eigenvalue weighted by Crippen LogP contribution is 2.43. The van der Waals surface area contributed by atoms with Crippen LogP contribution < -0.4 is 0 Å². The van der Waals surface area contributed by atoms with Gasteiger partial charge in [-0.3, -0.25) is 4.79 Å². The third-order valence-electron chi connectivity index (χ3n) is 4.65. The highest BCUT2D eigenvalue weighted by Gasteiger charge is 2.36. The Morgan fingerprint density at radius 1 is 1.07 bits per heavy atom. The topological polar surface area (TPSA) is 43.8 Å². The third kappa shape index (κ3) is 4.23. The number of thioether (sulfide) groups is 1. The predicted molar refractivity (Wildman–Crippen MR) is 119 cm³/mol. The van der Waals surface area contributed by atoms with Gasteiger partial charge in [0.2, 0.25) is 0 Å². The Kier molecular flexibility index (Phi) is 5.87. The first-order valence-electron chi connectivity index (χ1n) is 8.99. The molecule has 4 nitrogen and oxygen atoms in total. The molecule has 0 aliphatic carbocycles. The average Bonchev–Trinajstić information content (AvgIpc) is 2.79. The number of phenols is 1. The molecule has 0 unspecified atom stereocenters. The van der Waals surface area contributed by atoms with E-state index in [9.17, 15) is 9.90 Å². The SMILES string of the molecule is CC(=C1SC(=S)N(N(C)C)C1=O)c1cc(C(C)(C)C)c(O)c(C(C)(C)C)c1. The Labute approximate surface area is 172 Å². The molecular weight excluding hydrogens is 376 g/mol. The van der Waals surface area contributed by atoms with Crippen molar-refractivity contribution in [1.29, 1.82) is 0 Å². The number of nitrogens with zero attached hydrogens (tertiary/aromatic N) is 2. The fourth-order valence-electron chi connectivity index (χ4n) is 3.06. The van der Waals surface area contributed by atoms with Crippen molar-refractivity contribution in [2.75, 3.05) is 14.1 Å². The molecule has 0 atom stereocenters. The first-order chi connectivity index (χ1) is 12.2. The number of allylic oxidation sites excluding steroid dienone is 1. The van der Waals surface area contributed by atoms with Gasteiger partial charge in [0.15, 0.2) is 4.32 Å². The summed E-state index contributed by atoms with van der Waals surface area (Å²) in [6, 6.07) is 4.00. The molecule has 148 valence electrons. The zero-order chi connectivity index (χ0) is 20.9. The van der Waals surface area contributed by atoms with Crippen LogP contribution in [-0.4, -0.2) is 39.4 Å². The van der Waals surface area contributed by atoms with Gasteiger partial charge in [0.05, 0.1) is 4.91 Å². The molecule has 0 bridgehead atoms. The lowest BCUT2D eigenvalue weighted by atomic mass is 9.78. The van der Waals surface area contributed by atoms with Gasteiger partial charge in [-0.15, -0.1) is 0 Å². The lowest BCUT2D eigenvalue weighted by Crippen LogP contribution is -2.40. The summed E-state index contributed by atoms with van der Waals surface area (Å²) in [4.78, 5) is 13.5. The van der Waals surface area contributed by atoms with E-state index in [0.29, 0.717) is 15.0 Å². The molecule has 2 rings (SSSR count). The molecule has 1 amide bonds. The second-order valence-corrected chi connectivity index (χ2v) is 10.9. The van der Waals surface area contributed by atoms with E-state index in [1.807, 2.05) is 19.1 Å². The first-order valence-corrected chi connectivity index (χ1v) is 10.2. The monoisotopic (exact) mass is 406 g/mol. The molecule has 0 aromatic heterocycles. The molecule has 0 spiro atoms. The van der Waals surface area contributed by atoms with Gasteiger partial charge in [0.25, 0.3) is 5.91 Å². The van der Waals surface area contributed by atoms with Crippen LogP contribution in [0.25, 0.3) is 5.57 Å². The van der Waals surface area contributed by atoms with E-state index >= 15 is 0 Å². The van der Waals surface area contributed by atoms with Gasteiger partial charge in [-0.1, -0.05) is 65.5 Å². The van der Waals surface area contributed by atoms with Gasteiger partial charge in [0.1, 0.15) is 5.75 Å². The minimum Gasteiger partial charge on any atom is -0.507 e. The molecule has 6 heteroatoms. The van der Waals surface area contributed by atoms with Gasteiger partial charge in [-0.25, -0.2) is 10.0 Å². The van der Waals surface area contributed by atoms with Crippen LogP contribution in [-0.2, 0) is 15.6 Å². The number of rotatable bonds is 2. The second-order valence-electron chi connectivity index (χ2n) is 9.21. The number of hydrogen-bond acceptors (Lipinski definition) is 5. The quantitative estimate of drug-likeness (QED) is 0.550. The van der Waals surface area contributed by atoms with Crippen LogP contribution in [0.4, 0.5) is 0 Å². The lowest BCUT2D eigenvalue weighted by molar-refractivity contribution is -0.130. The number of carbonyl (C=O) groups is 1. The zero-order valence-corrected chi connectivity index (χ0v) is 19.4. The molecule has 1 aromatic carbocycles. The van der Waals surface area contributed by atoms with Crippen molar-refractivity contribution in [1.82, 2.24) is 10.0 Å². The van der Waals surface area contributed by atoms with Crippen molar-refractivity contribution < 1.29 is 9.90 Å². The summed E-state index contributed by atoms with van der Waals surface area (Å²) in [6.45, 7) is 14.4. The highest BCUT2D eigenvalue weighted by atomic mass is 32.2. The first kappa shape index (κ1) is 21.9. The molecule has 27 heavy (non-hydrogen) atoms. The van der Waals surface area contributed by atoms with Crippen molar-refractivity contribution in [2.24, 2.45) is 0 Å². The van der Waals surface area contributed by atoms with Crippen molar-refractivity contribution in [2.45, 2.75) is 59.3 Å². The van der Waals surface area contributed by atoms with Crippen LogP contribution >= 0.6 is 24.0 Å². The smallest absolute Gasteiger partial charge is 0.281 e. The Bertz CT molecular complexity index is 793. The zero-order valence-electron chi connectivity index (χ0n) is 17.7. The van der Waals surface area contributed by atoms with Crippen LogP contribution in [0, 0.1) is 0 Å². The van der Waals surface area contributed by atoms with E-state index in [2.05, 4.69) is 41.5 Å². The number of thiocarbonyl (C=S) groups is 1. The van der Waals surface area contributed by atoms with Crippen molar-refractivity contribution in [3.63, 3.8) is 0 Å². The van der Waals surface area contributed by atoms with E-state index in [1.54, 1.807) is 19.1 Å². The summed E-state index contributed by atoms with van der Waals surface area (Å²) in [5.74, 6) is 0.239. The number of carbonyl (C=O) groups excluding carboxylic acids is 1. The number of aromatic hydroxyl groups is 1. The van der Waals surface area contributed by atoms with Gasteiger partial charge >= 0.3 is 0 Å². The maximum Gasteiger partial charge on any atom is 0.281 e. The van der Waals surface area contributed by atoms with Crippen molar-refractivity contribution in [3.8, 4) is 5.75 Å². The van der Waals surface area contributed by atoms with Crippen LogP contribution in [0.1, 0.15) is 65.2 Å². The largest absolute Gasteiger partial charge is 0.507 e. The van der Waals surface area contributed by atoms with E-state index in [1.165, 1.54) is 16.8 Å². The molecule has 1 N–H and O–H groups in total.